The highest BCUT2D eigenvalue weighted by Gasteiger charge is 2.38. The van der Waals surface area contributed by atoms with Crippen molar-refractivity contribution in [2.45, 2.75) is 32.2 Å². The van der Waals surface area contributed by atoms with Gasteiger partial charge in [-0.15, -0.1) is 0 Å². The van der Waals surface area contributed by atoms with Gasteiger partial charge in [0, 0.05) is 13.1 Å². The first kappa shape index (κ1) is 16.9. The van der Waals surface area contributed by atoms with Gasteiger partial charge in [-0.1, -0.05) is 0 Å². The van der Waals surface area contributed by atoms with Crippen molar-refractivity contribution in [1.29, 1.82) is 0 Å². The van der Waals surface area contributed by atoms with E-state index in [1.54, 1.807) is 0 Å². The Labute approximate surface area is 118 Å². The zero-order valence-electron chi connectivity index (χ0n) is 11.7. The van der Waals surface area contributed by atoms with Crippen LogP contribution in [0.1, 0.15) is 26.7 Å². The van der Waals surface area contributed by atoms with Crippen LogP contribution in [0.15, 0.2) is 0 Å². The van der Waals surface area contributed by atoms with Crippen molar-refractivity contribution in [3.8, 4) is 0 Å². The highest BCUT2D eigenvalue weighted by Crippen LogP contribution is 2.20. The van der Waals surface area contributed by atoms with E-state index in [1.807, 2.05) is 0 Å². The Kier molecular flexibility index (Phi) is 5.11. The smallest absolute Gasteiger partial charge is 0.326 e. The van der Waals surface area contributed by atoms with E-state index in [0.29, 0.717) is 12.8 Å². The van der Waals surface area contributed by atoms with Crippen molar-refractivity contribution < 1.29 is 27.9 Å². The molecule has 1 saturated heterocycles. The summed E-state index contributed by atoms with van der Waals surface area (Å²) >= 11 is 0. The Balaban J connectivity index is 2.83. The minimum absolute atomic E-state index is 0.0953. The second-order valence-corrected chi connectivity index (χ2v) is 6.93. The van der Waals surface area contributed by atoms with Gasteiger partial charge < -0.3 is 9.84 Å². The van der Waals surface area contributed by atoms with E-state index >= 15 is 0 Å². The summed E-state index contributed by atoms with van der Waals surface area (Å²) in [5, 5.41) is 8.96. The molecule has 116 valence electrons. The van der Waals surface area contributed by atoms with Crippen LogP contribution >= 0.6 is 0 Å². The Bertz CT molecular complexity index is 487. The lowest BCUT2D eigenvalue weighted by Crippen LogP contribution is -2.56. The first-order valence-corrected chi connectivity index (χ1v) is 7.64. The molecule has 1 rings (SSSR count). The molecule has 0 amide bonds. The van der Waals surface area contributed by atoms with Gasteiger partial charge in [-0.2, -0.15) is 17.4 Å². The molecule has 8 nitrogen and oxygen atoms in total. The van der Waals surface area contributed by atoms with Crippen LogP contribution in [-0.2, 0) is 24.5 Å². The molecule has 1 aliphatic heterocycles. The number of nitrogens with one attached hydrogen (secondary N) is 1. The number of piperidine rings is 1. The molecule has 9 heteroatoms. The van der Waals surface area contributed by atoms with E-state index < -0.39 is 33.6 Å². The molecular formula is C11H20N2O6S. The molecule has 1 fully saturated rings. The van der Waals surface area contributed by atoms with Crippen LogP contribution in [0.3, 0.4) is 0 Å². The molecule has 0 saturated carbocycles. The molecule has 0 radical (unpaired) electrons. The van der Waals surface area contributed by atoms with Gasteiger partial charge in [-0.05, 0) is 26.7 Å². The number of hydrogen-bond acceptors (Lipinski definition) is 5. The van der Waals surface area contributed by atoms with Crippen molar-refractivity contribution in [1.82, 2.24) is 9.03 Å². The number of methoxy groups -OCH3 is 1. The summed E-state index contributed by atoms with van der Waals surface area (Å²) in [6, 6.07) is 0. The summed E-state index contributed by atoms with van der Waals surface area (Å²) in [6.45, 7) is 2.91. The number of nitrogens with zero attached hydrogens (tertiary/aromatic N) is 1. The molecule has 1 atom stereocenters. The molecule has 0 spiro atoms. The highest BCUT2D eigenvalue weighted by atomic mass is 32.2. The molecular weight excluding hydrogens is 288 g/mol. The first-order valence-electron chi connectivity index (χ1n) is 6.20. The second-order valence-electron chi connectivity index (χ2n) is 5.26. The number of rotatable bonds is 5. The van der Waals surface area contributed by atoms with Crippen molar-refractivity contribution in [2.75, 3.05) is 20.2 Å². The van der Waals surface area contributed by atoms with Gasteiger partial charge in [-0.25, -0.2) is 0 Å². The van der Waals surface area contributed by atoms with Crippen molar-refractivity contribution >= 4 is 22.1 Å². The molecule has 0 bridgehead atoms. The van der Waals surface area contributed by atoms with Crippen LogP contribution in [-0.4, -0.2) is 55.5 Å². The second kappa shape index (κ2) is 6.06. The quantitative estimate of drug-likeness (QED) is 0.666. The van der Waals surface area contributed by atoms with Crippen LogP contribution in [0.4, 0.5) is 0 Å². The van der Waals surface area contributed by atoms with Crippen LogP contribution in [0.2, 0.25) is 0 Å². The molecule has 1 aliphatic rings. The van der Waals surface area contributed by atoms with Gasteiger partial charge in [0.1, 0.15) is 5.54 Å². The first-order chi connectivity index (χ1) is 9.10. The fourth-order valence-corrected chi connectivity index (χ4v) is 3.65. The summed E-state index contributed by atoms with van der Waals surface area (Å²) in [5.74, 6) is -2.45. The molecule has 2 N–H and O–H groups in total. The van der Waals surface area contributed by atoms with Gasteiger partial charge >= 0.3 is 11.9 Å². The van der Waals surface area contributed by atoms with Crippen LogP contribution in [0, 0.1) is 5.92 Å². The third-order valence-corrected chi connectivity index (χ3v) is 4.93. The van der Waals surface area contributed by atoms with E-state index in [1.165, 1.54) is 21.0 Å². The predicted molar refractivity (Wildman–Crippen MR) is 70.1 cm³/mol. The lowest BCUT2D eigenvalue weighted by atomic mass is 10.0. The molecule has 0 aromatic rings. The summed E-state index contributed by atoms with van der Waals surface area (Å²) in [6.07, 6.45) is 0.915. The fraction of sp³-hybridized carbons (Fsp3) is 0.818. The van der Waals surface area contributed by atoms with Gasteiger partial charge in [0.15, 0.2) is 0 Å². The largest absolute Gasteiger partial charge is 0.481 e. The predicted octanol–water partition coefficient (Wildman–Crippen LogP) is -0.431. The van der Waals surface area contributed by atoms with E-state index in [-0.39, 0.29) is 13.1 Å². The molecule has 0 aliphatic carbocycles. The van der Waals surface area contributed by atoms with Crippen molar-refractivity contribution in [3.05, 3.63) is 0 Å². The fourth-order valence-electron chi connectivity index (χ4n) is 2.05. The zero-order chi connectivity index (χ0) is 15.6. The minimum atomic E-state index is -3.94. The number of esters is 1. The Hall–Kier alpha value is -1.19. The number of carboxylic acids is 1. The zero-order valence-corrected chi connectivity index (χ0v) is 12.6. The van der Waals surface area contributed by atoms with Crippen LogP contribution in [0.25, 0.3) is 0 Å². The molecule has 1 heterocycles. The topological polar surface area (TPSA) is 113 Å². The summed E-state index contributed by atoms with van der Waals surface area (Å²) in [4.78, 5) is 22.5. The highest BCUT2D eigenvalue weighted by molar-refractivity contribution is 7.87. The molecule has 0 aromatic carbocycles. The van der Waals surface area contributed by atoms with Crippen LogP contribution < -0.4 is 4.72 Å². The third-order valence-electron chi connectivity index (χ3n) is 3.15. The third kappa shape index (κ3) is 3.90. The number of ether oxygens (including phenoxy) is 1. The van der Waals surface area contributed by atoms with Crippen molar-refractivity contribution in [2.24, 2.45) is 5.92 Å². The maximum Gasteiger partial charge on any atom is 0.326 e. The average Bonchev–Trinajstić information content (AvgIpc) is 2.36. The van der Waals surface area contributed by atoms with E-state index in [0.717, 1.165) is 4.31 Å². The normalized spacial score (nSPS) is 21.4. The van der Waals surface area contributed by atoms with Gasteiger partial charge in [0.25, 0.3) is 10.2 Å². The number of hydrogen-bond donors (Lipinski definition) is 2. The molecule has 1 unspecified atom stereocenters. The molecule has 20 heavy (non-hydrogen) atoms. The van der Waals surface area contributed by atoms with E-state index in [4.69, 9.17) is 5.11 Å². The van der Waals surface area contributed by atoms with Gasteiger partial charge in [-0.3, -0.25) is 9.59 Å². The molecule has 0 aromatic heterocycles. The number of carboxylic acid groups (broad SMARTS) is 1. The SMILES string of the molecule is COC(=O)C(C)(C)NS(=O)(=O)N1CCCC(C(=O)O)C1. The number of carbonyl (C=O) groups is 2. The Morgan fingerprint density at radius 1 is 1.40 bits per heavy atom. The Morgan fingerprint density at radius 2 is 2.00 bits per heavy atom. The standard InChI is InChI=1S/C11H20N2O6S/c1-11(2,10(16)19-3)12-20(17,18)13-6-4-5-8(7-13)9(14)15/h8,12H,4-7H2,1-3H3,(H,14,15). The van der Waals surface area contributed by atoms with Crippen molar-refractivity contribution in [3.63, 3.8) is 0 Å². The van der Waals surface area contributed by atoms with Gasteiger partial charge in [0.2, 0.25) is 0 Å². The minimum Gasteiger partial charge on any atom is -0.481 e. The van der Waals surface area contributed by atoms with E-state index in [9.17, 15) is 18.0 Å². The monoisotopic (exact) mass is 308 g/mol. The van der Waals surface area contributed by atoms with E-state index in [2.05, 4.69) is 9.46 Å². The summed E-state index contributed by atoms with van der Waals surface area (Å²) in [5.41, 5.74) is -1.41. The number of aliphatic carboxylic acids is 1. The average molecular weight is 308 g/mol. The van der Waals surface area contributed by atoms with Gasteiger partial charge in [0.05, 0.1) is 13.0 Å². The lowest BCUT2D eigenvalue weighted by Gasteiger charge is -2.32. The Morgan fingerprint density at radius 3 is 2.50 bits per heavy atom. The number of carbonyl (C=O) groups excluding carboxylic acids is 1. The van der Waals surface area contributed by atoms with Crippen LogP contribution in [0.5, 0.6) is 0 Å². The summed E-state index contributed by atoms with van der Waals surface area (Å²) in [7, 11) is -2.78. The summed E-state index contributed by atoms with van der Waals surface area (Å²) < 4.78 is 32.2. The maximum absolute atomic E-state index is 12.2. The lowest BCUT2D eigenvalue weighted by molar-refractivity contribution is -0.146. The maximum atomic E-state index is 12.2.